The van der Waals surface area contributed by atoms with E-state index in [9.17, 15) is 123 Å². The SMILES string of the molecule is CC(F)(F)COC(F)(C(F)C(F)(C(F)(F)F)C(F)(F)F)C(F)(F)F.CC(F)(F)COC(F)(C(F)C(F)(F)F)C(F)(C(F)(F)F)C(F)(F)F. The van der Waals surface area contributed by atoms with Crippen LogP contribution in [0.3, 0.4) is 0 Å². The van der Waals surface area contributed by atoms with Crippen LogP contribution in [0.25, 0.3) is 0 Å². The van der Waals surface area contributed by atoms with E-state index < -0.39 is 97.5 Å². The molecule has 0 amide bonds. The molecule has 2 nitrogen and oxygen atoms in total. The van der Waals surface area contributed by atoms with E-state index in [1.54, 1.807) is 0 Å². The van der Waals surface area contributed by atoms with Crippen LogP contribution in [0, 0.1) is 0 Å². The molecule has 0 rings (SSSR count). The molecule has 0 bridgehead atoms. The summed E-state index contributed by atoms with van der Waals surface area (Å²) in [6.45, 7) is -6.28. The van der Waals surface area contributed by atoms with Crippen LogP contribution in [0.5, 0.6) is 0 Å². The fraction of sp³-hybridized carbons (Fsp3) is 1.00. The third kappa shape index (κ3) is 10.0. The van der Waals surface area contributed by atoms with Gasteiger partial charge in [0.25, 0.3) is 18.0 Å². The summed E-state index contributed by atoms with van der Waals surface area (Å²) in [5.41, 5.74) is -15.0. The quantitative estimate of drug-likeness (QED) is 0.205. The van der Waals surface area contributed by atoms with E-state index >= 15 is 0 Å². The Morgan fingerprint density at radius 1 is 0.375 bits per heavy atom. The molecule has 30 heteroatoms. The van der Waals surface area contributed by atoms with Gasteiger partial charge in [-0.1, -0.05) is 0 Å². The summed E-state index contributed by atoms with van der Waals surface area (Å²) < 4.78 is 355. The van der Waals surface area contributed by atoms with Crippen molar-refractivity contribution < 1.29 is 132 Å². The van der Waals surface area contributed by atoms with Crippen molar-refractivity contribution in [3.8, 4) is 0 Å². The van der Waals surface area contributed by atoms with Gasteiger partial charge in [-0.2, -0.15) is 83.4 Å². The lowest BCUT2D eigenvalue weighted by molar-refractivity contribution is -0.444. The van der Waals surface area contributed by atoms with Gasteiger partial charge in [-0.05, 0) is 0 Å². The Kier molecular flexibility index (Phi) is 13.6. The molecule has 0 N–H and O–H groups in total. The molecule has 0 spiro atoms. The predicted molar refractivity (Wildman–Crippen MR) is 94.6 cm³/mol. The first-order chi connectivity index (χ1) is 20.2. The molecular formula is C18H12F28O2. The van der Waals surface area contributed by atoms with E-state index in [2.05, 4.69) is 9.47 Å². The third-order valence-corrected chi connectivity index (χ3v) is 4.82. The van der Waals surface area contributed by atoms with Crippen molar-refractivity contribution in [2.45, 2.75) is 98.1 Å². The minimum atomic E-state index is -7.59. The van der Waals surface area contributed by atoms with Crippen molar-refractivity contribution in [3.63, 3.8) is 0 Å². The second-order valence-corrected chi connectivity index (χ2v) is 9.13. The minimum Gasteiger partial charge on any atom is -0.334 e. The lowest BCUT2D eigenvalue weighted by atomic mass is 9.90. The number of hydrogen-bond acceptors (Lipinski definition) is 2. The number of rotatable bonds is 10. The Morgan fingerprint density at radius 3 is 0.833 bits per heavy atom. The Hall–Kier alpha value is -2.04. The maximum absolute atomic E-state index is 13.8. The number of halogens is 28. The molecule has 0 aliphatic rings. The van der Waals surface area contributed by atoms with E-state index in [0.717, 1.165) is 0 Å². The van der Waals surface area contributed by atoms with Gasteiger partial charge < -0.3 is 9.47 Å². The normalized spacial score (nSPS) is 19.1. The smallest absolute Gasteiger partial charge is 0.334 e. The molecule has 0 aliphatic carbocycles. The van der Waals surface area contributed by atoms with Gasteiger partial charge in [0.15, 0.2) is 0 Å². The van der Waals surface area contributed by atoms with E-state index in [1.165, 1.54) is 0 Å². The van der Waals surface area contributed by atoms with Crippen LogP contribution in [0.15, 0.2) is 0 Å². The average molecular weight is 792 g/mol. The first kappa shape index (κ1) is 48.1. The van der Waals surface area contributed by atoms with Gasteiger partial charge in [-0.15, -0.1) is 0 Å². The van der Waals surface area contributed by atoms with Crippen LogP contribution in [0.1, 0.15) is 13.8 Å². The summed E-state index contributed by atoms with van der Waals surface area (Å²) in [6, 6.07) is 0. The summed E-state index contributed by atoms with van der Waals surface area (Å²) in [5, 5.41) is 0. The van der Waals surface area contributed by atoms with E-state index in [-0.39, 0.29) is 13.8 Å². The predicted octanol–water partition coefficient (Wildman–Crippen LogP) is 10.1. The summed E-state index contributed by atoms with van der Waals surface area (Å²) in [4.78, 5) is 0. The molecule has 292 valence electrons. The van der Waals surface area contributed by atoms with E-state index in [4.69, 9.17) is 0 Å². The van der Waals surface area contributed by atoms with Gasteiger partial charge in [0.05, 0.1) is 0 Å². The molecule has 0 saturated carbocycles. The summed E-state index contributed by atoms with van der Waals surface area (Å²) >= 11 is 0. The number of alkyl halides is 28. The van der Waals surface area contributed by atoms with Crippen LogP contribution in [0.2, 0.25) is 0 Å². The van der Waals surface area contributed by atoms with Crippen molar-refractivity contribution in [2.24, 2.45) is 0 Å². The number of ether oxygens (including phenoxy) is 2. The maximum atomic E-state index is 13.8. The van der Waals surface area contributed by atoms with Crippen LogP contribution in [-0.4, -0.2) is 97.5 Å². The van der Waals surface area contributed by atoms with Crippen molar-refractivity contribution in [2.75, 3.05) is 13.2 Å². The highest BCUT2D eigenvalue weighted by Gasteiger charge is 2.88. The van der Waals surface area contributed by atoms with Gasteiger partial charge >= 0.3 is 60.1 Å². The fourth-order valence-electron chi connectivity index (χ4n) is 2.57. The largest absolute Gasteiger partial charge is 0.451 e. The lowest BCUT2D eigenvalue weighted by Gasteiger charge is -2.42. The molecule has 0 heterocycles. The Bertz CT molecular complexity index is 991. The first-order valence-corrected chi connectivity index (χ1v) is 10.7. The summed E-state index contributed by atoms with van der Waals surface area (Å²) in [7, 11) is 0. The van der Waals surface area contributed by atoms with Crippen molar-refractivity contribution in [1.29, 1.82) is 0 Å². The van der Waals surface area contributed by atoms with Crippen LogP contribution in [0.4, 0.5) is 123 Å². The molecule has 0 aromatic rings. The minimum absolute atomic E-state index is 0.271. The topological polar surface area (TPSA) is 18.5 Å². The first-order valence-electron chi connectivity index (χ1n) is 10.7. The second kappa shape index (κ2) is 13.6. The Labute approximate surface area is 245 Å². The molecule has 0 aromatic carbocycles. The molecule has 0 fully saturated rings. The second-order valence-electron chi connectivity index (χ2n) is 9.13. The van der Waals surface area contributed by atoms with Gasteiger partial charge in [0.1, 0.15) is 13.2 Å². The zero-order valence-electron chi connectivity index (χ0n) is 22.0. The summed E-state index contributed by atoms with van der Waals surface area (Å²) in [5.74, 6) is -22.5. The number of hydrogen-bond donors (Lipinski definition) is 0. The molecular weight excluding hydrogens is 780 g/mol. The molecule has 4 unspecified atom stereocenters. The Balaban J connectivity index is 0. The van der Waals surface area contributed by atoms with Crippen molar-refractivity contribution in [1.82, 2.24) is 0 Å². The van der Waals surface area contributed by atoms with Gasteiger partial charge in [0.2, 0.25) is 6.17 Å². The zero-order chi connectivity index (χ0) is 40.0. The maximum Gasteiger partial charge on any atom is 0.451 e. The zero-order valence-corrected chi connectivity index (χ0v) is 22.0. The molecule has 0 saturated heterocycles. The fourth-order valence-corrected chi connectivity index (χ4v) is 2.57. The molecule has 4 atom stereocenters. The lowest BCUT2D eigenvalue weighted by Crippen LogP contribution is -2.72. The van der Waals surface area contributed by atoms with Gasteiger partial charge in [-0.25, -0.2) is 39.5 Å². The molecule has 0 aromatic heterocycles. The van der Waals surface area contributed by atoms with Crippen molar-refractivity contribution in [3.05, 3.63) is 0 Å². The molecule has 48 heavy (non-hydrogen) atoms. The highest BCUT2D eigenvalue weighted by Crippen LogP contribution is 2.58. The van der Waals surface area contributed by atoms with Crippen LogP contribution < -0.4 is 0 Å². The average Bonchev–Trinajstić information content (AvgIpc) is 2.79. The van der Waals surface area contributed by atoms with E-state index in [1.807, 2.05) is 0 Å². The highest BCUT2D eigenvalue weighted by atomic mass is 19.5. The third-order valence-electron chi connectivity index (χ3n) is 4.82. The van der Waals surface area contributed by atoms with Gasteiger partial charge in [-0.3, -0.25) is 0 Å². The monoisotopic (exact) mass is 792 g/mol. The summed E-state index contributed by atoms with van der Waals surface area (Å²) in [6.07, 6.45) is -55.8. The molecule has 0 aliphatic heterocycles. The standard InChI is InChI=1S/2C9H6F14O/c1-4(11,12)2-24-5(13,3(10)6(14,15)16)7(17,8(18,19)20)9(21,22)23;1-4(11,12)2-24-6(14,9(21,22)23)3(10)5(13,7(15,16)17)8(18,19)20/h2*3H,2H2,1H3. The molecule has 0 radical (unpaired) electrons. The van der Waals surface area contributed by atoms with Crippen LogP contribution >= 0.6 is 0 Å². The van der Waals surface area contributed by atoms with Crippen LogP contribution in [-0.2, 0) is 9.47 Å². The Morgan fingerprint density at radius 2 is 0.646 bits per heavy atom. The van der Waals surface area contributed by atoms with Gasteiger partial charge in [0, 0.05) is 13.8 Å². The van der Waals surface area contributed by atoms with E-state index in [0.29, 0.717) is 0 Å². The van der Waals surface area contributed by atoms with Crippen molar-refractivity contribution >= 4 is 0 Å². The highest BCUT2D eigenvalue weighted by molar-refractivity contribution is 5.11.